The lowest BCUT2D eigenvalue weighted by atomic mass is 10.1. The first-order valence-electron chi connectivity index (χ1n) is 7.42. The third-order valence-corrected chi connectivity index (χ3v) is 8.83. The van der Waals surface area contributed by atoms with Crippen molar-refractivity contribution in [2.45, 2.75) is 13.1 Å². The van der Waals surface area contributed by atoms with Crippen LogP contribution in [0.15, 0.2) is 58.1 Å². The molecule has 0 radical (unpaired) electrons. The Bertz CT molecular complexity index is 921. The van der Waals surface area contributed by atoms with Crippen molar-refractivity contribution >= 4 is 41.8 Å². The van der Waals surface area contributed by atoms with E-state index in [0.29, 0.717) is 0 Å². The minimum atomic E-state index is -2.14. The summed E-state index contributed by atoms with van der Waals surface area (Å²) in [5.41, 5.74) is 2.67. The molecule has 2 aliphatic rings. The maximum atomic E-state index is 11.9. The van der Waals surface area contributed by atoms with E-state index < -0.39 is 8.07 Å². The number of nitrogens with zero attached hydrogens (tertiary/aromatic N) is 1. The zero-order chi connectivity index (χ0) is 16.2. The highest BCUT2D eigenvalue weighted by atomic mass is 32.1. The van der Waals surface area contributed by atoms with Gasteiger partial charge in [0, 0.05) is 10.4 Å². The number of allylic oxidation sites excluding steroid dienone is 4. The molecule has 0 amide bonds. The lowest BCUT2D eigenvalue weighted by molar-refractivity contribution is -0.110. The van der Waals surface area contributed by atoms with Crippen molar-refractivity contribution in [3.05, 3.63) is 53.1 Å². The third-order valence-electron chi connectivity index (χ3n) is 4.44. The Balaban J connectivity index is 2.08. The zero-order valence-electron chi connectivity index (χ0n) is 12.8. The number of phenolic OH excluding ortho intramolecular Hbond substituents is 1. The van der Waals surface area contributed by atoms with Gasteiger partial charge in [-0.15, -0.1) is 11.3 Å². The standard InChI is InChI=1S/C18H15NO2SSi/c1-23(2)16-10-11(20)5-6-12(16)19-13-7-8-14(21)17(18(13)23)15-4-3-9-22-15/h3-10,21H,1-2H3. The van der Waals surface area contributed by atoms with E-state index in [0.717, 1.165) is 32.2 Å². The van der Waals surface area contributed by atoms with Crippen LogP contribution in [0.5, 0.6) is 5.75 Å². The number of carbonyl (C=O) groups is 1. The Labute approximate surface area is 139 Å². The number of carbonyl (C=O) groups excluding carboxylic acids is 1. The van der Waals surface area contributed by atoms with Crippen LogP contribution in [-0.2, 0) is 4.79 Å². The summed E-state index contributed by atoms with van der Waals surface area (Å²) in [5.74, 6) is 0.296. The van der Waals surface area contributed by atoms with E-state index >= 15 is 0 Å². The largest absolute Gasteiger partial charge is 0.507 e. The van der Waals surface area contributed by atoms with Crippen molar-refractivity contribution in [2.24, 2.45) is 4.99 Å². The highest BCUT2D eigenvalue weighted by Gasteiger charge is 2.40. The lowest BCUT2D eigenvalue weighted by Crippen LogP contribution is -2.50. The van der Waals surface area contributed by atoms with Crippen molar-refractivity contribution in [2.75, 3.05) is 0 Å². The van der Waals surface area contributed by atoms with Crippen molar-refractivity contribution in [3.63, 3.8) is 0 Å². The second-order valence-electron chi connectivity index (χ2n) is 6.25. The molecule has 1 aromatic heterocycles. The van der Waals surface area contributed by atoms with E-state index in [1.165, 1.54) is 0 Å². The van der Waals surface area contributed by atoms with Crippen LogP contribution in [-0.4, -0.2) is 24.7 Å². The van der Waals surface area contributed by atoms with Gasteiger partial charge in [0.2, 0.25) is 0 Å². The molecule has 0 saturated heterocycles. The first kappa shape index (κ1) is 14.4. The molecular weight excluding hydrogens is 322 g/mol. The van der Waals surface area contributed by atoms with Gasteiger partial charge in [0.1, 0.15) is 13.8 Å². The predicted molar refractivity (Wildman–Crippen MR) is 97.9 cm³/mol. The highest BCUT2D eigenvalue weighted by molar-refractivity contribution is 7.14. The van der Waals surface area contributed by atoms with Crippen LogP contribution in [0, 0.1) is 0 Å². The average Bonchev–Trinajstić information content (AvgIpc) is 3.03. The fourth-order valence-corrected chi connectivity index (χ4v) is 7.45. The van der Waals surface area contributed by atoms with Crippen molar-refractivity contribution in [1.82, 2.24) is 0 Å². The lowest BCUT2D eigenvalue weighted by Gasteiger charge is -2.34. The predicted octanol–water partition coefficient (Wildman–Crippen LogP) is 3.73. The molecule has 114 valence electrons. The van der Waals surface area contributed by atoms with Crippen LogP contribution in [0.3, 0.4) is 0 Å². The van der Waals surface area contributed by atoms with Gasteiger partial charge in [-0.05, 0) is 52.2 Å². The van der Waals surface area contributed by atoms with Crippen LogP contribution in [0.25, 0.3) is 10.4 Å². The molecule has 0 atom stereocenters. The summed E-state index contributed by atoms with van der Waals surface area (Å²) in [7, 11) is -2.14. The SMILES string of the molecule is C[Si]1(C)C2=CC(=O)C=CC2=Nc2ccc(O)c(-c3cccs3)c21. The number of hydrogen-bond acceptors (Lipinski definition) is 4. The fraction of sp³-hybridized carbons (Fsp3) is 0.111. The average molecular weight is 337 g/mol. The Morgan fingerprint density at radius 3 is 2.74 bits per heavy atom. The van der Waals surface area contributed by atoms with Crippen LogP contribution < -0.4 is 5.19 Å². The Morgan fingerprint density at radius 1 is 1.17 bits per heavy atom. The number of ketones is 1. The number of hydrogen-bond donors (Lipinski definition) is 1. The normalized spacial score (nSPS) is 18.1. The van der Waals surface area contributed by atoms with Crippen molar-refractivity contribution < 1.29 is 9.90 Å². The van der Waals surface area contributed by atoms with Gasteiger partial charge in [-0.3, -0.25) is 4.79 Å². The van der Waals surface area contributed by atoms with Gasteiger partial charge in [-0.1, -0.05) is 19.2 Å². The molecule has 0 bridgehead atoms. The molecule has 4 rings (SSSR count). The summed E-state index contributed by atoms with van der Waals surface area (Å²) in [4.78, 5) is 17.6. The molecule has 1 aliphatic carbocycles. The number of thiophene rings is 1. The number of aliphatic imine (C=N–C) groups is 1. The maximum absolute atomic E-state index is 11.9. The van der Waals surface area contributed by atoms with Gasteiger partial charge in [0.05, 0.1) is 11.4 Å². The number of benzene rings is 1. The van der Waals surface area contributed by atoms with E-state index in [-0.39, 0.29) is 11.5 Å². The highest BCUT2D eigenvalue weighted by Crippen LogP contribution is 2.40. The second kappa shape index (κ2) is 4.88. The third kappa shape index (κ3) is 2.08. The van der Waals surface area contributed by atoms with Gasteiger partial charge in [0.25, 0.3) is 0 Å². The van der Waals surface area contributed by atoms with Crippen molar-refractivity contribution in [1.29, 1.82) is 0 Å². The van der Waals surface area contributed by atoms with Crippen molar-refractivity contribution in [3.8, 4) is 16.2 Å². The summed E-state index contributed by atoms with van der Waals surface area (Å²) in [5, 5.41) is 14.7. The summed E-state index contributed by atoms with van der Waals surface area (Å²) in [6.07, 6.45) is 5.10. The van der Waals surface area contributed by atoms with Crippen LogP contribution >= 0.6 is 11.3 Å². The first-order valence-corrected chi connectivity index (χ1v) is 11.3. The van der Waals surface area contributed by atoms with E-state index in [4.69, 9.17) is 4.99 Å². The maximum Gasteiger partial charge on any atom is 0.178 e. The number of fused-ring (bicyclic) bond motifs is 2. The van der Waals surface area contributed by atoms with E-state index in [1.807, 2.05) is 29.7 Å². The number of phenols is 1. The number of rotatable bonds is 1. The molecular formula is C18H15NO2SSi. The Kier molecular flexibility index (Phi) is 3.04. The zero-order valence-corrected chi connectivity index (χ0v) is 14.6. The molecule has 3 nitrogen and oxygen atoms in total. The molecule has 0 fully saturated rings. The molecule has 2 aromatic rings. The molecule has 2 heterocycles. The molecule has 0 saturated carbocycles. The molecule has 1 N–H and O–H groups in total. The van der Waals surface area contributed by atoms with Crippen LogP contribution in [0.2, 0.25) is 13.1 Å². The molecule has 5 heteroatoms. The van der Waals surface area contributed by atoms with Crippen LogP contribution in [0.4, 0.5) is 5.69 Å². The topological polar surface area (TPSA) is 49.7 Å². The van der Waals surface area contributed by atoms with E-state index in [2.05, 4.69) is 13.1 Å². The molecule has 1 aliphatic heterocycles. The first-order chi connectivity index (χ1) is 11.0. The van der Waals surface area contributed by atoms with E-state index in [1.54, 1.807) is 29.6 Å². The minimum Gasteiger partial charge on any atom is -0.507 e. The summed E-state index contributed by atoms with van der Waals surface area (Å²) < 4.78 is 0. The molecule has 23 heavy (non-hydrogen) atoms. The Hall–Kier alpha value is -2.24. The molecule has 0 unspecified atom stereocenters. The monoisotopic (exact) mass is 337 g/mol. The van der Waals surface area contributed by atoms with Gasteiger partial charge < -0.3 is 5.11 Å². The summed E-state index contributed by atoms with van der Waals surface area (Å²) in [6, 6.07) is 7.60. The minimum absolute atomic E-state index is 0.0146. The van der Waals surface area contributed by atoms with E-state index in [9.17, 15) is 9.90 Å². The van der Waals surface area contributed by atoms with Gasteiger partial charge in [-0.25, -0.2) is 4.99 Å². The van der Waals surface area contributed by atoms with Gasteiger partial charge in [-0.2, -0.15) is 0 Å². The summed E-state index contributed by atoms with van der Waals surface area (Å²) >= 11 is 1.61. The van der Waals surface area contributed by atoms with Crippen LogP contribution in [0.1, 0.15) is 0 Å². The fourth-order valence-electron chi connectivity index (χ4n) is 3.35. The number of aromatic hydroxyl groups is 1. The quantitative estimate of drug-likeness (QED) is 0.637. The smallest absolute Gasteiger partial charge is 0.178 e. The van der Waals surface area contributed by atoms with Gasteiger partial charge in [0.15, 0.2) is 5.78 Å². The molecule has 0 spiro atoms. The Morgan fingerprint density at radius 2 is 2.00 bits per heavy atom. The van der Waals surface area contributed by atoms with Gasteiger partial charge >= 0.3 is 0 Å². The second-order valence-corrected chi connectivity index (χ2v) is 11.5. The molecule has 1 aromatic carbocycles. The summed E-state index contributed by atoms with van der Waals surface area (Å²) in [6.45, 7) is 4.44.